The van der Waals surface area contributed by atoms with Crippen molar-refractivity contribution in [3.05, 3.63) is 48.0 Å². The van der Waals surface area contributed by atoms with E-state index in [9.17, 15) is 4.79 Å². The number of benzene rings is 2. The zero-order valence-electron chi connectivity index (χ0n) is 8.97. The highest BCUT2D eigenvalue weighted by atomic mass is 35.5. The second kappa shape index (κ2) is 5.52. The van der Waals surface area contributed by atoms with Gasteiger partial charge in [-0.1, -0.05) is 30.3 Å². The molecule has 0 saturated carbocycles. The van der Waals surface area contributed by atoms with E-state index in [1.807, 2.05) is 36.4 Å². The Balaban J connectivity index is 0.00000128. The van der Waals surface area contributed by atoms with Crippen molar-refractivity contribution < 1.29 is 9.53 Å². The summed E-state index contributed by atoms with van der Waals surface area (Å²) in [6.07, 6.45) is 0. The van der Waals surface area contributed by atoms with Crippen LogP contribution in [0, 0.1) is 0 Å². The van der Waals surface area contributed by atoms with E-state index >= 15 is 0 Å². The monoisotopic (exact) mass is 236 g/mol. The van der Waals surface area contributed by atoms with Crippen molar-refractivity contribution in [3.63, 3.8) is 0 Å². The van der Waals surface area contributed by atoms with Crippen LogP contribution in [-0.4, -0.2) is 12.6 Å². The molecule has 2 nitrogen and oxygen atoms in total. The molecule has 0 amide bonds. The molecule has 0 unspecified atom stereocenters. The van der Waals surface area contributed by atoms with Gasteiger partial charge in [0.2, 0.25) is 0 Å². The molecule has 0 N–H and O–H groups in total. The van der Waals surface area contributed by atoms with Crippen LogP contribution in [-0.2, 0) is 4.74 Å². The van der Waals surface area contributed by atoms with Gasteiger partial charge in [-0.3, -0.25) is 0 Å². The average Bonchev–Trinajstić information content (AvgIpc) is 2.29. The topological polar surface area (TPSA) is 26.3 Å². The third-order valence-electron chi connectivity index (χ3n) is 2.26. The number of carbonyl (C=O) groups is 1. The summed E-state index contributed by atoms with van der Waals surface area (Å²) >= 11 is 0. The first-order chi connectivity index (χ1) is 7.31. The molecule has 0 atom stereocenters. The molecule has 0 aliphatic rings. The van der Waals surface area contributed by atoms with Gasteiger partial charge >= 0.3 is 5.97 Å². The Morgan fingerprint density at radius 1 is 1.12 bits per heavy atom. The standard InChI is InChI=1S/C13H12O2.ClH/c1-2-15-13(14)12-8-7-10-5-3-4-6-11(10)9-12;/h3-9H,2H2,1H3;1H. The normalized spacial score (nSPS) is 9.56. The zero-order chi connectivity index (χ0) is 10.7. The van der Waals surface area contributed by atoms with Crippen molar-refractivity contribution in [2.24, 2.45) is 0 Å². The van der Waals surface area contributed by atoms with Crippen LogP contribution < -0.4 is 0 Å². The molecule has 3 heteroatoms. The number of carbonyl (C=O) groups excluding carboxylic acids is 1. The third kappa shape index (κ3) is 2.52. The first-order valence-electron chi connectivity index (χ1n) is 4.97. The molecule has 0 fully saturated rings. The van der Waals surface area contributed by atoms with Gasteiger partial charge < -0.3 is 4.74 Å². The highest BCUT2D eigenvalue weighted by Crippen LogP contribution is 2.16. The minimum Gasteiger partial charge on any atom is -0.462 e. The third-order valence-corrected chi connectivity index (χ3v) is 2.26. The molecule has 84 valence electrons. The summed E-state index contributed by atoms with van der Waals surface area (Å²) in [5, 5.41) is 2.19. The fourth-order valence-electron chi connectivity index (χ4n) is 1.53. The van der Waals surface area contributed by atoms with Crippen LogP contribution in [0.25, 0.3) is 10.8 Å². The number of ether oxygens (including phenoxy) is 1. The molecule has 0 aromatic heterocycles. The number of rotatable bonds is 2. The maximum atomic E-state index is 11.5. The van der Waals surface area contributed by atoms with Gasteiger partial charge in [0.05, 0.1) is 12.2 Å². The highest BCUT2D eigenvalue weighted by molar-refractivity contribution is 5.95. The van der Waals surface area contributed by atoms with E-state index in [1.54, 1.807) is 13.0 Å². The lowest BCUT2D eigenvalue weighted by Gasteiger charge is -2.03. The maximum Gasteiger partial charge on any atom is 0.338 e. The smallest absolute Gasteiger partial charge is 0.338 e. The van der Waals surface area contributed by atoms with E-state index < -0.39 is 0 Å². The van der Waals surface area contributed by atoms with Crippen LogP contribution in [0.4, 0.5) is 0 Å². The molecule has 0 heterocycles. The largest absolute Gasteiger partial charge is 0.462 e. The average molecular weight is 237 g/mol. The Morgan fingerprint density at radius 2 is 1.81 bits per heavy atom. The first-order valence-corrected chi connectivity index (χ1v) is 4.97. The second-order valence-electron chi connectivity index (χ2n) is 3.28. The molecule has 2 aromatic rings. The van der Waals surface area contributed by atoms with Crippen molar-refractivity contribution in [2.45, 2.75) is 6.92 Å². The number of esters is 1. The van der Waals surface area contributed by atoms with E-state index in [2.05, 4.69) is 0 Å². The summed E-state index contributed by atoms with van der Waals surface area (Å²) in [6.45, 7) is 2.21. The molecule has 0 bridgehead atoms. The number of halogens is 1. The van der Waals surface area contributed by atoms with Gasteiger partial charge in [-0.2, -0.15) is 0 Å². The minimum atomic E-state index is -0.261. The number of fused-ring (bicyclic) bond motifs is 1. The molecule has 0 spiro atoms. The van der Waals surface area contributed by atoms with Gasteiger partial charge in [-0.25, -0.2) is 4.79 Å². The summed E-state index contributed by atoms with van der Waals surface area (Å²) in [6, 6.07) is 13.5. The molecule has 0 saturated heterocycles. The lowest BCUT2D eigenvalue weighted by molar-refractivity contribution is 0.0526. The van der Waals surface area contributed by atoms with Crippen molar-refractivity contribution in [1.29, 1.82) is 0 Å². The lowest BCUT2D eigenvalue weighted by Crippen LogP contribution is -2.03. The fourth-order valence-corrected chi connectivity index (χ4v) is 1.53. The van der Waals surface area contributed by atoms with Gasteiger partial charge in [0.1, 0.15) is 0 Å². The van der Waals surface area contributed by atoms with Gasteiger partial charge in [0.15, 0.2) is 0 Å². The van der Waals surface area contributed by atoms with Crippen molar-refractivity contribution in [3.8, 4) is 0 Å². The fraction of sp³-hybridized carbons (Fsp3) is 0.154. The van der Waals surface area contributed by atoms with Gasteiger partial charge in [0.25, 0.3) is 0 Å². The second-order valence-corrected chi connectivity index (χ2v) is 3.28. The molecule has 0 aliphatic carbocycles. The predicted octanol–water partition coefficient (Wildman–Crippen LogP) is 3.44. The van der Waals surface area contributed by atoms with Crippen LogP contribution in [0.3, 0.4) is 0 Å². The van der Waals surface area contributed by atoms with E-state index in [0.29, 0.717) is 12.2 Å². The molecule has 2 rings (SSSR count). The van der Waals surface area contributed by atoms with Crippen molar-refractivity contribution in [2.75, 3.05) is 6.61 Å². The molecule has 16 heavy (non-hydrogen) atoms. The van der Waals surface area contributed by atoms with Gasteiger partial charge in [-0.05, 0) is 29.8 Å². The molecule has 0 aliphatic heterocycles. The minimum absolute atomic E-state index is 0. The zero-order valence-corrected chi connectivity index (χ0v) is 9.79. The van der Waals surface area contributed by atoms with Gasteiger partial charge in [0, 0.05) is 0 Å². The highest BCUT2D eigenvalue weighted by Gasteiger charge is 2.05. The summed E-state index contributed by atoms with van der Waals surface area (Å²) in [5.74, 6) is -0.261. The Bertz CT molecular complexity index is 494. The van der Waals surface area contributed by atoms with Crippen molar-refractivity contribution >= 4 is 29.1 Å². The Hall–Kier alpha value is -1.54. The van der Waals surface area contributed by atoms with E-state index in [-0.39, 0.29) is 18.4 Å². The van der Waals surface area contributed by atoms with Crippen LogP contribution in [0.2, 0.25) is 0 Å². The summed E-state index contributed by atoms with van der Waals surface area (Å²) in [7, 11) is 0. The number of hydrogen-bond donors (Lipinski definition) is 0. The molecule has 2 aromatic carbocycles. The first kappa shape index (κ1) is 12.5. The quantitative estimate of drug-likeness (QED) is 0.747. The van der Waals surface area contributed by atoms with E-state index in [1.165, 1.54) is 0 Å². The van der Waals surface area contributed by atoms with Crippen LogP contribution >= 0.6 is 12.4 Å². The molecular formula is C13H13ClO2. The maximum absolute atomic E-state index is 11.5. The van der Waals surface area contributed by atoms with Gasteiger partial charge in [-0.15, -0.1) is 12.4 Å². The molecular weight excluding hydrogens is 224 g/mol. The van der Waals surface area contributed by atoms with E-state index in [0.717, 1.165) is 10.8 Å². The van der Waals surface area contributed by atoms with Crippen molar-refractivity contribution in [1.82, 2.24) is 0 Å². The van der Waals surface area contributed by atoms with E-state index in [4.69, 9.17) is 4.74 Å². The predicted molar refractivity (Wildman–Crippen MR) is 67.2 cm³/mol. The van der Waals surface area contributed by atoms with Crippen LogP contribution in [0.1, 0.15) is 17.3 Å². The Kier molecular flexibility index (Phi) is 4.32. The summed E-state index contributed by atoms with van der Waals surface area (Å²) in [4.78, 5) is 11.5. The van der Waals surface area contributed by atoms with Crippen LogP contribution in [0.15, 0.2) is 42.5 Å². The lowest BCUT2D eigenvalue weighted by atomic mass is 10.1. The van der Waals surface area contributed by atoms with Crippen LogP contribution in [0.5, 0.6) is 0 Å². The Labute approximate surface area is 101 Å². The SMILES string of the molecule is CCOC(=O)c1ccc2ccccc2c1.Cl. The summed E-state index contributed by atoms with van der Waals surface area (Å²) < 4.78 is 4.94. The Morgan fingerprint density at radius 3 is 2.50 bits per heavy atom. The molecule has 0 radical (unpaired) electrons. The number of hydrogen-bond acceptors (Lipinski definition) is 2. The summed E-state index contributed by atoms with van der Waals surface area (Å²) in [5.41, 5.74) is 0.607.